The van der Waals surface area contributed by atoms with Crippen LogP contribution in [0.4, 0.5) is 0 Å². The number of quaternary nitrogens is 1. The Balaban J connectivity index is 3.88. The Kier molecular flexibility index (Phi) is 6.45. The Hall–Kier alpha value is -0.670. The minimum absolute atomic E-state index is 0.0541. The van der Waals surface area contributed by atoms with E-state index in [1.165, 1.54) is 0 Å². The van der Waals surface area contributed by atoms with Gasteiger partial charge in [0.15, 0.2) is 0 Å². The van der Waals surface area contributed by atoms with Crippen LogP contribution in [-0.2, 0) is 4.84 Å². The summed E-state index contributed by atoms with van der Waals surface area (Å²) in [6.07, 6.45) is 0. The summed E-state index contributed by atoms with van der Waals surface area (Å²) in [5, 5.41) is 12.6. The zero-order valence-corrected chi connectivity index (χ0v) is 8.70. The van der Waals surface area contributed by atoms with Gasteiger partial charge in [-0.15, -0.1) is 10.3 Å². The first-order valence-corrected chi connectivity index (χ1v) is 4.40. The minimum atomic E-state index is -0.323. The maximum Gasteiger partial charge on any atom is 0.414 e. The topological polar surface area (TPSA) is 44.3 Å². The molecule has 0 amide bonds. The summed E-state index contributed by atoms with van der Waals surface area (Å²) in [5.74, 6) is 0. The van der Waals surface area contributed by atoms with Crippen LogP contribution in [0.5, 0.6) is 0 Å². The van der Waals surface area contributed by atoms with Crippen molar-refractivity contribution in [3.05, 3.63) is 10.1 Å². The van der Waals surface area contributed by atoms with E-state index < -0.39 is 0 Å². The Labute approximate surface area is 79.2 Å². The van der Waals surface area contributed by atoms with Gasteiger partial charge in [0, 0.05) is 6.54 Å². The first-order chi connectivity index (χ1) is 6.13. The highest BCUT2D eigenvalue weighted by molar-refractivity contribution is 4.75. The van der Waals surface area contributed by atoms with Crippen LogP contribution in [0, 0.1) is 11.3 Å². The molecule has 0 aliphatic rings. The summed E-state index contributed by atoms with van der Waals surface area (Å²) >= 11 is 0. The molecule has 1 unspecified atom stereocenters. The van der Waals surface area contributed by atoms with Gasteiger partial charge >= 0.3 is 6.73 Å². The number of rotatable bonds is 5. The number of hydrogen-bond acceptors (Lipinski definition) is 3. The molecule has 0 aliphatic heterocycles. The normalized spacial score (nSPS) is 12.8. The van der Waals surface area contributed by atoms with Gasteiger partial charge in [0.2, 0.25) is 0 Å². The van der Waals surface area contributed by atoms with E-state index in [9.17, 15) is 5.21 Å². The van der Waals surface area contributed by atoms with Crippen molar-refractivity contribution in [3.8, 4) is 6.07 Å². The first kappa shape index (κ1) is 12.3. The van der Waals surface area contributed by atoms with Gasteiger partial charge in [0.05, 0.1) is 13.0 Å². The van der Waals surface area contributed by atoms with Gasteiger partial charge in [-0.05, 0) is 25.6 Å². The van der Waals surface area contributed by atoms with Crippen LogP contribution in [0.1, 0.15) is 27.7 Å². The summed E-state index contributed by atoms with van der Waals surface area (Å²) < 4.78 is 0. The molecule has 0 aromatic heterocycles. The number of nitrogens with one attached hydrogen (secondary N) is 1. The fourth-order valence-electron chi connectivity index (χ4n) is 0.940. The van der Waals surface area contributed by atoms with Crippen molar-refractivity contribution in [2.45, 2.75) is 33.7 Å². The average Bonchev–Trinajstić information content (AvgIpc) is 2.05. The molecule has 0 saturated carbocycles. The third kappa shape index (κ3) is 4.80. The van der Waals surface area contributed by atoms with Crippen molar-refractivity contribution in [2.24, 2.45) is 0 Å². The van der Waals surface area contributed by atoms with Crippen molar-refractivity contribution in [3.63, 3.8) is 0 Å². The molecule has 0 heterocycles. The molecule has 0 rings (SSSR count). The molecule has 0 saturated heterocycles. The second kappa shape index (κ2) is 6.80. The SMILES string of the molecule is CC#[N+]CO[NH+]([O-])N(CC)C(C)C. The molecule has 0 bridgehead atoms. The van der Waals surface area contributed by atoms with Gasteiger partial charge in [0.1, 0.15) is 0 Å². The van der Waals surface area contributed by atoms with E-state index in [0.717, 1.165) is 0 Å². The van der Waals surface area contributed by atoms with Crippen molar-refractivity contribution in [1.29, 1.82) is 0 Å². The Bertz CT molecular complexity index is 186. The van der Waals surface area contributed by atoms with Gasteiger partial charge in [0.25, 0.3) is 6.07 Å². The molecule has 1 atom stereocenters. The van der Waals surface area contributed by atoms with Gasteiger partial charge < -0.3 is 5.21 Å². The standard InChI is InChI=1S/C8H18N3O2/c1-5-9-7-13-11(12)10(6-2)8(3)4/h8,11H,6-7H2,1-4H3/q+1. The monoisotopic (exact) mass is 188 g/mol. The van der Waals surface area contributed by atoms with Crippen molar-refractivity contribution < 1.29 is 10.2 Å². The maximum atomic E-state index is 11.3. The summed E-state index contributed by atoms with van der Waals surface area (Å²) in [7, 11) is 0. The Morgan fingerprint density at radius 1 is 1.62 bits per heavy atom. The third-order valence-corrected chi connectivity index (χ3v) is 1.61. The largest absolute Gasteiger partial charge is 0.579 e. The lowest BCUT2D eigenvalue weighted by Gasteiger charge is -2.30. The van der Waals surface area contributed by atoms with E-state index in [1.54, 1.807) is 11.9 Å². The lowest BCUT2D eigenvalue weighted by atomic mass is 10.4. The van der Waals surface area contributed by atoms with Crippen molar-refractivity contribution >= 4 is 0 Å². The van der Waals surface area contributed by atoms with E-state index in [1.807, 2.05) is 20.8 Å². The van der Waals surface area contributed by atoms with Gasteiger partial charge in [-0.2, -0.15) is 0 Å². The molecule has 0 aliphatic carbocycles. The molecule has 13 heavy (non-hydrogen) atoms. The van der Waals surface area contributed by atoms with Crippen LogP contribution in [0.3, 0.4) is 0 Å². The molecular formula is C8H18N3O2+. The predicted octanol–water partition coefficient (Wildman–Crippen LogP) is 0.256. The molecular weight excluding hydrogens is 170 g/mol. The molecule has 1 N–H and O–H groups in total. The summed E-state index contributed by atoms with van der Waals surface area (Å²) in [4.78, 5) is 8.52. The number of hydrogen-bond donors (Lipinski definition) is 1. The fraction of sp³-hybridized carbons (Fsp3) is 0.875. The highest BCUT2D eigenvalue weighted by Gasteiger charge is 2.16. The Morgan fingerprint density at radius 3 is 2.62 bits per heavy atom. The lowest BCUT2D eigenvalue weighted by Crippen LogP contribution is -3.14. The first-order valence-electron chi connectivity index (χ1n) is 4.40. The quantitative estimate of drug-likeness (QED) is 0.629. The highest BCUT2D eigenvalue weighted by atomic mass is 16.9. The lowest BCUT2D eigenvalue weighted by molar-refractivity contribution is -1.15. The Morgan fingerprint density at radius 2 is 2.23 bits per heavy atom. The predicted molar refractivity (Wildman–Crippen MR) is 50.7 cm³/mol. The second-order valence-corrected chi connectivity index (χ2v) is 2.80. The molecule has 0 aromatic rings. The van der Waals surface area contributed by atoms with E-state index in [0.29, 0.717) is 6.54 Å². The van der Waals surface area contributed by atoms with Gasteiger partial charge in [-0.1, -0.05) is 4.84 Å². The molecule has 5 heteroatoms. The van der Waals surface area contributed by atoms with E-state index >= 15 is 0 Å². The smallest absolute Gasteiger partial charge is 0.414 e. The van der Waals surface area contributed by atoms with Crippen LogP contribution in [0.2, 0.25) is 0 Å². The average molecular weight is 188 g/mol. The van der Waals surface area contributed by atoms with Crippen molar-refractivity contribution in [2.75, 3.05) is 13.3 Å². The van der Waals surface area contributed by atoms with E-state index in [4.69, 9.17) is 4.84 Å². The molecule has 76 valence electrons. The van der Waals surface area contributed by atoms with Crippen LogP contribution >= 0.6 is 0 Å². The third-order valence-electron chi connectivity index (χ3n) is 1.61. The summed E-state index contributed by atoms with van der Waals surface area (Å²) in [5.41, 5.74) is 0. The molecule has 0 spiro atoms. The second-order valence-electron chi connectivity index (χ2n) is 2.80. The summed E-state index contributed by atoms with van der Waals surface area (Å²) in [6.45, 7) is 8.17. The van der Waals surface area contributed by atoms with Gasteiger partial charge in [-0.25, -0.2) is 0 Å². The van der Waals surface area contributed by atoms with Crippen LogP contribution < -0.4 is 5.34 Å². The molecule has 0 aromatic carbocycles. The maximum absolute atomic E-state index is 11.3. The van der Waals surface area contributed by atoms with E-state index in [-0.39, 0.29) is 18.1 Å². The zero-order valence-electron chi connectivity index (χ0n) is 8.70. The summed E-state index contributed by atoms with van der Waals surface area (Å²) in [6, 6.07) is 2.70. The zero-order chi connectivity index (χ0) is 10.3. The molecule has 0 radical (unpaired) electrons. The van der Waals surface area contributed by atoms with Crippen LogP contribution in [0.25, 0.3) is 4.85 Å². The fourth-order valence-corrected chi connectivity index (χ4v) is 0.940. The molecule has 5 nitrogen and oxygen atoms in total. The van der Waals surface area contributed by atoms with Crippen LogP contribution in [0.15, 0.2) is 0 Å². The molecule has 0 fully saturated rings. The number of nitrogens with zero attached hydrogens (tertiary/aromatic N) is 2. The van der Waals surface area contributed by atoms with E-state index in [2.05, 4.69) is 10.9 Å². The van der Waals surface area contributed by atoms with Crippen LogP contribution in [-0.4, -0.2) is 24.3 Å². The minimum Gasteiger partial charge on any atom is -0.579 e. The van der Waals surface area contributed by atoms with Crippen molar-refractivity contribution in [1.82, 2.24) is 5.01 Å². The van der Waals surface area contributed by atoms with Gasteiger partial charge in [-0.3, -0.25) is 0 Å². The highest BCUT2D eigenvalue weighted by Crippen LogP contribution is 1.87.